The first-order chi connectivity index (χ1) is 11.8. The van der Waals surface area contributed by atoms with Gasteiger partial charge in [-0.25, -0.2) is 14.4 Å². The minimum atomic E-state index is -4.45. The van der Waals surface area contributed by atoms with Crippen LogP contribution in [0, 0.1) is 5.82 Å². The quantitative estimate of drug-likeness (QED) is 0.233. The van der Waals surface area contributed by atoms with Crippen molar-refractivity contribution in [3.63, 3.8) is 0 Å². The number of halogens is 6. The molecule has 0 saturated carbocycles. The van der Waals surface area contributed by atoms with Gasteiger partial charge in [0.1, 0.15) is 10.8 Å². The predicted octanol–water partition coefficient (Wildman–Crippen LogP) is 4.94. The summed E-state index contributed by atoms with van der Waals surface area (Å²) in [7, 11) is 0. The molecule has 1 heterocycles. The number of aliphatic imine (C=N–C) groups is 1. The number of hydrogen-bond donors (Lipinski definition) is 2. The fraction of sp³-hybridized carbons (Fsp3) is 0.333. The van der Waals surface area contributed by atoms with Crippen LogP contribution in [0.2, 0.25) is 0 Å². The van der Waals surface area contributed by atoms with Gasteiger partial charge in [-0.1, -0.05) is 15.9 Å². The molecule has 2 N–H and O–H groups in total. The Balaban J connectivity index is 0.00000338. The molecule has 1 aromatic carbocycles. The number of hydrogen-bond acceptors (Lipinski definition) is 3. The van der Waals surface area contributed by atoms with E-state index in [0.717, 1.165) is 21.2 Å². The molecule has 0 unspecified atom stereocenters. The average Bonchev–Trinajstić information content (AvgIpc) is 3.02. The summed E-state index contributed by atoms with van der Waals surface area (Å²) in [5, 5.41) is 7.17. The Morgan fingerprint density at radius 1 is 1.31 bits per heavy atom. The maximum absolute atomic E-state index is 13.3. The van der Waals surface area contributed by atoms with Gasteiger partial charge in [-0.3, -0.25) is 0 Å². The van der Waals surface area contributed by atoms with Gasteiger partial charge >= 0.3 is 6.18 Å². The number of alkyl halides is 3. The highest BCUT2D eigenvalue weighted by Crippen LogP contribution is 2.29. The van der Waals surface area contributed by atoms with Crippen molar-refractivity contribution in [2.75, 3.05) is 6.54 Å². The van der Waals surface area contributed by atoms with Gasteiger partial charge in [-0.05, 0) is 30.7 Å². The molecule has 144 valence electrons. The van der Waals surface area contributed by atoms with Gasteiger partial charge < -0.3 is 10.6 Å². The Hall–Kier alpha value is -0.950. The van der Waals surface area contributed by atoms with E-state index in [1.54, 1.807) is 6.07 Å². The number of guanidine groups is 1. The first kappa shape index (κ1) is 23.1. The van der Waals surface area contributed by atoms with Crippen molar-refractivity contribution in [2.45, 2.75) is 26.2 Å². The standard InChI is InChI=1S/C15H15BrF4N4S.HI/c1-2-21-14(22-6-9-5-10(17)3-4-11(9)16)23-7-13-24-12(8-25-13)15(18,19)20;/h3-5,8H,2,6-7H2,1H3,(H2,21,22,23);1H. The molecule has 0 saturated heterocycles. The molecule has 1 aromatic heterocycles. The number of aromatic nitrogens is 1. The largest absolute Gasteiger partial charge is 0.434 e. The van der Waals surface area contributed by atoms with Crippen LogP contribution >= 0.6 is 51.2 Å². The molecule has 0 aliphatic heterocycles. The predicted molar refractivity (Wildman–Crippen MR) is 108 cm³/mol. The van der Waals surface area contributed by atoms with Crippen molar-refractivity contribution in [1.82, 2.24) is 15.6 Å². The molecule has 0 bridgehead atoms. The average molecular weight is 567 g/mol. The lowest BCUT2D eigenvalue weighted by molar-refractivity contribution is -0.140. The van der Waals surface area contributed by atoms with Gasteiger partial charge in [0.15, 0.2) is 11.7 Å². The Labute approximate surface area is 177 Å². The fourth-order valence-corrected chi connectivity index (χ4v) is 2.96. The van der Waals surface area contributed by atoms with E-state index in [4.69, 9.17) is 0 Å². The zero-order chi connectivity index (χ0) is 18.4. The second kappa shape index (κ2) is 10.4. The number of benzene rings is 1. The van der Waals surface area contributed by atoms with Crippen LogP contribution in [0.15, 0.2) is 33.0 Å². The zero-order valence-corrected chi connectivity index (χ0v) is 18.3. The number of thiazole rings is 1. The summed E-state index contributed by atoms with van der Waals surface area (Å²) in [5.74, 6) is 0.0382. The number of rotatable bonds is 5. The summed E-state index contributed by atoms with van der Waals surface area (Å²) in [6, 6.07) is 4.30. The van der Waals surface area contributed by atoms with Crippen molar-refractivity contribution in [3.8, 4) is 0 Å². The van der Waals surface area contributed by atoms with E-state index in [1.807, 2.05) is 6.92 Å². The number of nitrogens with one attached hydrogen (secondary N) is 2. The molecular formula is C15H16BrF4IN4S. The van der Waals surface area contributed by atoms with Gasteiger partial charge in [0, 0.05) is 16.4 Å². The van der Waals surface area contributed by atoms with Crippen LogP contribution in [0.4, 0.5) is 17.6 Å². The van der Waals surface area contributed by atoms with E-state index in [9.17, 15) is 17.6 Å². The lowest BCUT2D eigenvalue weighted by atomic mass is 10.2. The SMILES string of the molecule is CCNC(=NCc1cc(F)ccc1Br)NCc1nc(C(F)(F)F)cs1.I. The molecule has 11 heteroatoms. The lowest BCUT2D eigenvalue weighted by Gasteiger charge is -2.10. The van der Waals surface area contributed by atoms with Gasteiger partial charge in [-0.15, -0.1) is 35.3 Å². The van der Waals surface area contributed by atoms with Crippen LogP contribution < -0.4 is 10.6 Å². The molecule has 2 aromatic rings. The first-order valence-corrected chi connectivity index (χ1v) is 8.94. The Bertz CT molecular complexity index is 751. The monoisotopic (exact) mass is 566 g/mol. The third-order valence-electron chi connectivity index (χ3n) is 3.01. The molecule has 0 amide bonds. The maximum atomic E-state index is 13.3. The minimum Gasteiger partial charge on any atom is -0.357 e. The Morgan fingerprint density at radius 3 is 2.65 bits per heavy atom. The third kappa shape index (κ3) is 6.99. The van der Waals surface area contributed by atoms with Crippen molar-refractivity contribution in [3.05, 3.63) is 50.1 Å². The summed E-state index contributed by atoms with van der Waals surface area (Å²) >= 11 is 4.25. The molecule has 2 rings (SSSR count). The fourth-order valence-electron chi connectivity index (χ4n) is 1.85. The summed E-state index contributed by atoms with van der Waals surface area (Å²) in [6.07, 6.45) is -4.45. The molecule has 0 radical (unpaired) electrons. The van der Waals surface area contributed by atoms with E-state index in [2.05, 4.69) is 36.5 Å². The van der Waals surface area contributed by atoms with Crippen LogP contribution in [-0.2, 0) is 19.3 Å². The second-order valence-corrected chi connectivity index (χ2v) is 6.71. The van der Waals surface area contributed by atoms with Crippen LogP contribution in [0.1, 0.15) is 23.2 Å². The van der Waals surface area contributed by atoms with Crippen molar-refractivity contribution in [1.29, 1.82) is 0 Å². The molecule has 0 atom stereocenters. The molecular weight excluding hydrogens is 551 g/mol. The smallest absolute Gasteiger partial charge is 0.357 e. The maximum Gasteiger partial charge on any atom is 0.434 e. The van der Waals surface area contributed by atoms with Crippen molar-refractivity contribution in [2.24, 2.45) is 4.99 Å². The van der Waals surface area contributed by atoms with Crippen molar-refractivity contribution >= 4 is 57.2 Å². The van der Waals surface area contributed by atoms with Gasteiger partial charge in [-0.2, -0.15) is 13.2 Å². The number of nitrogens with zero attached hydrogens (tertiary/aromatic N) is 2. The highest BCUT2D eigenvalue weighted by Gasteiger charge is 2.33. The summed E-state index contributed by atoms with van der Waals surface area (Å²) in [6.45, 7) is 2.75. The lowest BCUT2D eigenvalue weighted by Crippen LogP contribution is -2.36. The summed E-state index contributed by atoms with van der Waals surface area (Å²) in [5.41, 5.74) is -0.245. The Morgan fingerprint density at radius 2 is 2.04 bits per heavy atom. The first-order valence-electron chi connectivity index (χ1n) is 7.27. The molecule has 0 spiro atoms. The van der Waals surface area contributed by atoms with Gasteiger partial charge in [0.2, 0.25) is 0 Å². The van der Waals surface area contributed by atoms with Crippen molar-refractivity contribution < 1.29 is 17.6 Å². The van der Waals surface area contributed by atoms with E-state index in [-0.39, 0.29) is 42.9 Å². The molecule has 4 nitrogen and oxygen atoms in total. The van der Waals surface area contributed by atoms with E-state index in [1.165, 1.54) is 12.1 Å². The molecule has 0 aliphatic rings. The highest BCUT2D eigenvalue weighted by molar-refractivity contribution is 14.0. The van der Waals surface area contributed by atoms with E-state index in [0.29, 0.717) is 23.1 Å². The summed E-state index contributed by atoms with van der Waals surface area (Å²) in [4.78, 5) is 7.86. The topological polar surface area (TPSA) is 49.3 Å². The Kier molecular flexibility index (Phi) is 9.24. The van der Waals surface area contributed by atoms with E-state index < -0.39 is 11.9 Å². The highest BCUT2D eigenvalue weighted by atomic mass is 127. The molecule has 26 heavy (non-hydrogen) atoms. The van der Waals surface area contributed by atoms with Crippen LogP contribution in [0.3, 0.4) is 0 Å². The van der Waals surface area contributed by atoms with Gasteiger partial charge in [0.25, 0.3) is 0 Å². The van der Waals surface area contributed by atoms with Crippen LogP contribution in [0.25, 0.3) is 0 Å². The van der Waals surface area contributed by atoms with Crippen LogP contribution in [-0.4, -0.2) is 17.5 Å². The third-order valence-corrected chi connectivity index (χ3v) is 4.63. The molecule has 0 fully saturated rings. The zero-order valence-electron chi connectivity index (χ0n) is 13.5. The van der Waals surface area contributed by atoms with E-state index >= 15 is 0 Å². The minimum absolute atomic E-state index is 0. The van der Waals surface area contributed by atoms with Gasteiger partial charge in [0.05, 0.1) is 13.1 Å². The van der Waals surface area contributed by atoms with Crippen LogP contribution in [0.5, 0.6) is 0 Å². The normalized spacial score (nSPS) is 11.8. The second-order valence-electron chi connectivity index (χ2n) is 4.91. The summed E-state index contributed by atoms with van der Waals surface area (Å²) < 4.78 is 51.7. The molecule has 0 aliphatic carbocycles.